The Morgan fingerprint density at radius 3 is 2.00 bits per heavy atom. The van der Waals surface area contributed by atoms with Crippen LogP contribution in [-0.4, -0.2) is 68.4 Å². The summed E-state index contributed by atoms with van der Waals surface area (Å²) >= 11 is 2.06. The van der Waals surface area contributed by atoms with Gasteiger partial charge in [0.15, 0.2) is 0 Å². The van der Waals surface area contributed by atoms with E-state index in [2.05, 4.69) is 35.7 Å². The van der Waals surface area contributed by atoms with Crippen LogP contribution in [0.5, 0.6) is 0 Å². The van der Waals surface area contributed by atoms with Crippen LogP contribution in [0, 0.1) is 0 Å². The van der Waals surface area contributed by atoms with Gasteiger partial charge in [-0.15, -0.1) is 0 Å². The number of ether oxygens (including phenoxy) is 1. The normalized spacial score (nSPS) is 25.3. The monoisotopic (exact) mass is 218 g/mol. The third-order valence-corrected chi connectivity index (χ3v) is 3.32. The van der Waals surface area contributed by atoms with Gasteiger partial charge in [0.25, 0.3) is 0 Å². The maximum absolute atomic E-state index is 5.11. The predicted octanol–water partition coefficient (Wildman–Crippen LogP) is 0.961. The molecule has 2 fully saturated rings. The summed E-state index contributed by atoms with van der Waals surface area (Å²) < 4.78 is 5.11. The lowest BCUT2D eigenvalue weighted by Crippen LogP contribution is -2.28. The minimum Gasteiger partial charge on any atom is -0.366 e. The standard InChI is InChI=1S/C5H11NO.C5H11NS/c1-6-3-2-4-7-5-6;1-6-2-4-7-5-3-6/h2*2-5H2,1H3. The van der Waals surface area contributed by atoms with Crippen molar-refractivity contribution in [2.75, 3.05) is 58.6 Å². The van der Waals surface area contributed by atoms with Crippen LogP contribution >= 0.6 is 11.8 Å². The Balaban J connectivity index is 0.000000140. The third-order valence-electron chi connectivity index (χ3n) is 2.37. The minimum atomic E-state index is 0.819. The fraction of sp³-hybridized carbons (Fsp3) is 1.00. The average molecular weight is 218 g/mol. The zero-order chi connectivity index (χ0) is 10.2. The predicted molar refractivity (Wildman–Crippen MR) is 62.9 cm³/mol. The van der Waals surface area contributed by atoms with Crippen LogP contribution in [0.25, 0.3) is 0 Å². The first kappa shape index (κ1) is 12.3. The highest BCUT2D eigenvalue weighted by Crippen LogP contribution is 2.05. The highest BCUT2D eigenvalue weighted by molar-refractivity contribution is 7.99. The zero-order valence-electron chi connectivity index (χ0n) is 9.37. The summed E-state index contributed by atoms with van der Waals surface area (Å²) in [4.78, 5) is 4.54. The Bertz CT molecular complexity index is 118. The summed E-state index contributed by atoms with van der Waals surface area (Å²) in [6.07, 6.45) is 1.19. The van der Waals surface area contributed by atoms with Gasteiger partial charge in [-0.25, -0.2) is 0 Å². The molecular formula is C10H22N2OS. The van der Waals surface area contributed by atoms with E-state index in [-0.39, 0.29) is 0 Å². The SMILES string of the molecule is CN1CCCOC1.CN1CCSCC1. The van der Waals surface area contributed by atoms with Gasteiger partial charge in [0.2, 0.25) is 0 Å². The van der Waals surface area contributed by atoms with Gasteiger partial charge < -0.3 is 9.64 Å². The van der Waals surface area contributed by atoms with Gasteiger partial charge in [0.05, 0.1) is 6.73 Å². The van der Waals surface area contributed by atoms with E-state index < -0.39 is 0 Å². The van der Waals surface area contributed by atoms with Crippen LogP contribution < -0.4 is 0 Å². The third kappa shape index (κ3) is 5.86. The Morgan fingerprint density at radius 1 is 1.00 bits per heavy atom. The maximum Gasteiger partial charge on any atom is 0.0987 e. The molecule has 0 saturated carbocycles. The molecule has 84 valence electrons. The van der Waals surface area contributed by atoms with E-state index in [1.165, 1.54) is 37.6 Å². The van der Waals surface area contributed by atoms with Crippen molar-refractivity contribution in [1.29, 1.82) is 0 Å². The van der Waals surface area contributed by atoms with Crippen molar-refractivity contribution >= 4 is 11.8 Å². The Labute approximate surface area is 91.8 Å². The van der Waals surface area contributed by atoms with E-state index in [4.69, 9.17) is 4.74 Å². The lowest BCUT2D eigenvalue weighted by Gasteiger charge is -2.21. The van der Waals surface area contributed by atoms with E-state index in [0.717, 1.165) is 13.3 Å². The molecule has 0 radical (unpaired) electrons. The van der Waals surface area contributed by atoms with E-state index in [9.17, 15) is 0 Å². The van der Waals surface area contributed by atoms with Crippen LogP contribution in [0.4, 0.5) is 0 Å². The van der Waals surface area contributed by atoms with E-state index in [1.807, 2.05) is 0 Å². The van der Waals surface area contributed by atoms with Crippen molar-refractivity contribution < 1.29 is 4.74 Å². The summed E-state index contributed by atoms with van der Waals surface area (Å²) in [5.41, 5.74) is 0. The lowest BCUT2D eigenvalue weighted by molar-refractivity contribution is 0.00119. The van der Waals surface area contributed by atoms with Crippen molar-refractivity contribution in [2.45, 2.75) is 6.42 Å². The molecule has 2 heterocycles. The fourth-order valence-corrected chi connectivity index (χ4v) is 2.46. The lowest BCUT2D eigenvalue weighted by atomic mass is 10.4. The molecule has 0 spiro atoms. The number of hydrogen-bond acceptors (Lipinski definition) is 4. The quantitative estimate of drug-likeness (QED) is 0.601. The molecule has 0 aromatic heterocycles. The van der Waals surface area contributed by atoms with Crippen molar-refractivity contribution in [3.63, 3.8) is 0 Å². The molecular weight excluding hydrogens is 196 g/mol. The van der Waals surface area contributed by atoms with Crippen LogP contribution in [0.3, 0.4) is 0 Å². The molecule has 14 heavy (non-hydrogen) atoms. The molecule has 3 nitrogen and oxygen atoms in total. The molecule has 2 aliphatic heterocycles. The highest BCUT2D eigenvalue weighted by Gasteiger charge is 2.03. The summed E-state index contributed by atoms with van der Waals surface area (Å²) in [6.45, 7) is 5.53. The maximum atomic E-state index is 5.11. The van der Waals surface area contributed by atoms with Crippen molar-refractivity contribution in [1.82, 2.24) is 9.80 Å². The summed E-state index contributed by atoms with van der Waals surface area (Å²) in [5, 5.41) is 0. The van der Waals surface area contributed by atoms with Gasteiger partial charge in [0, 0.05) is 37.7 Å². The second-order valence-electron chi connectivity index (χ2n) is 3.89. The molecule has 2 aliphatic rings. The summed E-state index contributed by atoms with van der Waals surface area (Å²) in [5.74, 6) is 2.66. The first-order valence-electron chi connectivity index (χ1n) is 5.31. The van der Waals surface area contributed by atoms with Gasteiger partial charge in [-0.05, 0) is 20.5 Å². The Morgan fingerprint density at radius 2 is 1.71 bits per heavy atom. The summed E-state index contributed by atoms with van der Waals surface area (Å²) in [6, 6.07) is 0. The van der Waals surface area contributed by atoms with E-state index >= 15 is 0 Å². The van der Waals surface area contributed by atoms with Crippen molar-refractivity contribution in [2.24, 2.45) is 0 Å². The molecule has 0 aromatic carbocycles. The topological polar surface area (TPSA) is 15.7 Å². The van der Waals surface area contributed by atoms with Gasteiger partial charge in [-0.3, -0.25) is 4.90 Å². The molecule has 0 N–H and O–H groups in total. The first-order valence-corrected chi connectivity index (χ1v) is 6.47. The smallest absolute Gasteiger partial charge is 0.0987 e. The molecule has 4 heteroatoms. The Hall–Kier alpha value is 0.230. The van der Waals surface area contributed by atoms with E-state index in [0.29, 0.717) is 0 Å². The molecule has 0 aromatic rings. The average Bonchev–Trinajstić information content (AvgIpc) is 2.21. The molecule has 2 rings (SSSR count). The summed E-state index contributed by atoms with van der Waals surface area (Å²) in [7, 11) is 4.25. The first-order chi connectivity index (χ1) is 6.79. The minimum absolute atomic E-state index is 0.819. The van der Waals surface area contributed by atoms with Gasteiger partial charge in [0.1, 0.15) is 0 Å². The zero-order valence-corrected chi connectivity index (χ0v) is 10.2. The van der Waals surface area contributed by atoms with Crippen LogP contribution in [0.2, 0.25) is 0 Å². The van der Waals surface area contributed by atoms with Crippen LogP contribution in [-0.2, 0) is 4.74 Å². The van der Waals surface area contributed by atoms with Gasteiger partial charge in [-0.1, -0.05) is 0 Å². The molecule has 0 aliphatic carbocycles. The largest absolute Gasteiger partial charge is 0.366 e. The molecule has 0 atom stereocenters. The number of rotatable bonds is 0. The molecule has 0 bridgehead atoms. The Kier molecular flexibility index (Phi) is 6.60. The van der Waals surface area contributed by atoms with Crippen LogP contribution in [0.1, 0.15) is 6.42 Å². The molecule has 2 saturated heterocycles. The highest BCUT2D eigenvalue weighted by atomic mass is 32.2. The number of thioether (sulfide) groups is 1. The number of hydrogen-bond donors (Lipinski definition) is 0. The van der Waals surface area contributed by atoms with Crippen LogP contribution in [0.15, 0.2) is 0 Å². The van der Waals surface area contributed by atoms with Gasteiger partial charge in [-0.2, -0.15) is 11.8 Å². The molecule has 0 amide bonds. The molecule has 0 unspecified atom stereocenters. The fourth-order valence-electron chi connectivity index (χ4n) is 1.38. The van der Waals surface area contributed by atoms with E-state index in [1.54, 1.807) is 0 Å². The van der Waals surface area contributed by atoms with Crippen molar-refractivity contribution in [3.05, 3.63) is 0 Å². The van der Waals surface area contributed by atoms with Gasteiger partial charge >= 0.3 is 0 Å². The number of nitrogens with zero attached hydrogens (tertiary/aromatic N) is 2. The second-order valence-corrected chi connectivity index (χ2v) is 5.11. The second kappa shape index (κ2) is 7.51. The van der Waals surface area contributed by atoms with Crippen molar-refractivity contribution in [3.8, 4) is 0 Å².